The molecule has 0 saturated carbocycles. The first-order chi connectivity index (χ1) is 13.9. The molecule has 2 heterocycles. The van der Waals surface area contributed by atoms with Gasteiger partial charge in [-0.3, -0.25) is 9.48 Å². The Morgan fingerprint density at radius 2 is 1.97 bits per heavy atom. The first-order valence-electron chi connectivity index (χ1n) is 8.97. The Balaban J connectivity index is 1.80. The molecule has 9 nitrogen and oxygen atoms in total. The molecule has 1 N–H and O–H groups in total. The van der Waals surface area contributed by atoms with Crippen molar-refractivity contribution in [3.8, 4) is 11.5 Å². The van der Waals surface area contributed by atoms with Gasteiger partial charge in [0.1, 0.15) is 11.5 Å². The number of ether oxygens (including phenoxy) is 2. The van der Waals surface area contributed by atoms with E-state index in [9.17, 15) is 13.2 Å². The van der Waals surface area contributed by atoms with E-state index in [0.717, 1.165) is 17.1 Å². The van der Waals surface area contributed by atoms with Crippen molar-refractivity contribution in [1.82, 2.24) is 19.4 Å². The van der Waals surface area contributed by atoms with E-state index in [2.05, 4.69) is 10.4 Å². The van der Waals surface area contributed by atoms with Crippen LogP contribution in [-0.4, -0.2) is 67.2 Å². The minimum atomic E-state index is -3.84. The molecular weight excluding hydrogens is 416 g/mol. The Kier molecular flexibility index (Phi) is 6.70. The number of carbonyl (C=O) groups is 1. The van der Waals surface area contributed by atoms with Gasteiger partial charge in [0.25, 0.3) is 15.9 Å². The van der Waals surface area contributed by atoms with Crippen molar-refractivity contribution in [2.24, 2.45) is 7.05 Å². The van der Waals surface area contributed by atoms with Gasteiger partial charge in [-0.05, 0) is 12.1 Å². The van der Waals surface area contributed by atoms with Crippen LogP contribution in [0.4, 0.5) is 0 Å². The minimum absolute atomic E-state index is 0.0261. The zero-order valence-electron chi connectivity index (χ0n) is 16.5. The maximum Gasteiger partial charge on any atom is 0.263 e. The average Bonchev–Trinajstić information content (AvgIpc) is 3.15. The summed E-state index contributed by atoms with van der Waals surface area (Å²) in [5.74, 6) is 2.14. The smallest absolute Gasteiger partial charge is 0.263 e. The van der Waals surface area contributed by atoms with Crippen LogP contribution in [0, 0.1) is 0 Å². The summed E-state index contributed by atoms with van der Waals surface area (Å²) in [5.41, 5.74) is 0.765. The summed E-state index contributed by atoms with van der Waals surface area (Å²) in [5, 5.41) is 6.61. The largest absolute Gasteiger partial charge is 0.497 e. The van der Waals surface area contributed by atoms with Crippen molar-refractivity contribution in [3.63, 3.8) is 0 Å². The molecule has 1 aromatic heterocycles. The number of rotatable bonds is 7. The van der Waals surface area contributed by atoms with E-state index < -0.39 is 15.9 Å². The number of hydrogen-bond donors (Lipinski definition) is 1. The van der Waals surface area contributed by atoms with E-state index in [1.807, 2.05) is 0 Å². The van der Waals surface area contributed by atoms with Gasteiger partial charge >= 0.3 is 0 Å². The number of aryl methyl sites for hydroxylation is 1. The molecule has 0 atom stereocenters. The highest BCUT2D eigenvalue weighted by Gasteiger charge is 2.33. The number of hydrogen-bond acceptors (Lipinski definition) is 7. The molecule has 0 unspecified atom stereocenters. The van der Waals surface area contributed by atoms with Gasteiger partial charge in [0, 0.05) is 56.0 Å². The third-order valence-electron chi connectivity index (χ3n) is 4.53. The number of amides is 1. The maximum atomic E-state index is 13.0. The zero-order valence-corrected chi connectivity index (χ0v) is 18.2. The highest BCUT2D eigenvalue weighted by Crippen LogP contribution is 2.25. The lowest BCUT2D eigenvalue weighted by Crippen LogP contribution is -2.39. The van der Waals surface area contributed by atoms with E-state index in [4.69, 9.17) is 9.47 Å². The van der Waals surface area contributed by atoms with Gasteiger partial charge < -0.3 is 14.8 Å². The second kappa shape index (κ2) is 9.06. The molecule has 0 bridgehead atoms. The highest BCUT2D eigenvalue weighted by molar-refractivity contribution is 7.99. The molecule has 1 fully saturated rings. The third kappa shape index (κ3) is 4.68. The van der Waals surface area contributed by atoms with Gasteiger partial charge in [0.2, 0.25) is 5.03 Å². The van der Waals surface area contributed by atoms with Crippen LogP contribution in [0.3, 0.4) is 0 Å². The fraction of sp³-hybridized carbons (Fsp3) is 0.444. The second-order valence-corrected chi connectivity index (χ2v) is 9.48. The predicted molar refractivity (Wildman–Crippen MR) is 110 cm³/mol. The fourth-order valence-corrected chi connectivity index (χ4v) is 5.69. The number of nitrogens with zero attached hydrogens (tertiary/aromatic N) is 3. The molecule has 158 valence electrons. The van der Waals surface area contributed by atoms with Gasteiger partial charge in [0.15, 0.2) is 0 Å². The fourth-order valence-electron chi connectivity index (χ4n) is 2.99. The Morgan fingerprint density at radius 3 is 2.62 bits per heavy atom. The van der Waals surface area contributed by atoms with E-state index in [-0.39, 0.29) is 17.1 Å². The summed E-state index contributed by atoms with van der Waals surface area (Å²) < 4.78 is 39.2. The van der Waals surface area contributed by atoms with Crippen LogP contribution in [0.15, 0.2) is 29.4 Å². The monoisotopic (exact) mass is 440 g/mol. The molecule has 0 spiro atoms. The Bertz CT molecular complexity index is 984. The van der Waals surface area contributed by atoms with E-state index >= 15 is 0 Å². The second-order valence-electron chi connectivity index (χ2n) is 6.40. The van der Waals surface area contributed by atoms with Crippen molar-refractivity contribution >= 4 is 27.7 Å². The van der Waals surface area contributed by atoms with Crippen LogP contribution in [0.25, 0.3) is 0 Å². The van der Waals surface area contributed by atoms with E-state index in [1.165, 1.54) is 22.3 Å². The van der Waals surface area contributed by atoms with Crippen LogP contribution in [0.5, 0.6) is 11.5 Å². The SMILES string of the molecule is COc1ccc(CNC(=O)c2cn(C)nc2S(=O)(=O)N2CCSCC2)c(OC)c1. The summed E-state index contributed by atoms with van der Waals surface area (Å²) in [4.78, 5) is 12.8. The Morgan fingerprint density at radius 1 is 1.24 bits per heavy atom. The Labute approximate surface area is 174 Å². The van der Waals surface area contributed by atoms with Crippen molar-refractivity contribution in [2.75, 3.05) is 38.8 Å². The normalized spacial score (nSPS) is 15.1. The molecular formula is C18H24N4O5S2. The van der Waals surface area contributed by atoms with Crippen molar-refractivity contribution in [1.29, 1.82) is 0 Å². The van der Waals surface area contributed by atoms with Crippen LogP contribution in [-0.2, 0) is 23.6 Å². The molecule has 11 heteroatoms. The standard InChI is InChI=1S/C18H24N4O5S2/c1-21-12-15(18(20-21)29(24,25)22-6-8-28-9-7-22)17(23)19-11-13-4-5-14(26-2)10-16(13)27-3/h4-5,10,12H,6-9,11H2,1-3H3,(H,19,23). The molecule has 29 heavy (non-hydrogen) atoms. The summed E-state index contributed by atoms with van der Waals surface area (Å²) in [6, 6.07) is 5.26. The molecule has 1 aliphatic rings. The van der Waals surface area contributed by atoms with Crippen LogP contribution < -0.4 is 14.8 Å². The first-order valence-corrected chi connectivity index (χ1v) is 11.6. The predicted octanol–water partition coefficient (Wildman–Crippen LogP) is 1.10. The average molecular weight is 441 g/mol. The lowest BCUT2D eigenvalue weighted by molar-refractivity contribution is 0.0947. The van der Waals surface area contributed by atoms with E-state index in [0.29, 0.717) is 24.6 Å². The number of methoxy groups -OCH3 is 2. The minimum Gasteiger partial charge on any atom is -0.497 e. The van der Waals surface area contributed by atoms with E-state index in [1.54, 1.807) is 44.1 Å². The van der Waals surface area contributed by atoms with Gasteiger partial charge in [-0.2, -0.15) is 21.2 Å². The van der Waals surface area contributed by atoms with Crippen LogP contribution >= 0.6 is 11.8 Å². The lowest BCUT2D eigenvalue weighted by Gasteiger charge is -2.24. The molecule has 1 aliphatic heterocycles. The summed E-state index contributed by atoms with van der Waals surface area (Å²) >= 11 is 1.71. The maximum absolute atomic E-state index is 13.0. The molecule has 3 rings (SSSR count). The molecule has 0 radical (unpaired) electrons. The van der Waals surface area contributed by atoms with Crippen molar-refractivity contribution in [2.45, 2.75) is 11.6 Å². The molecule has 1 amide bonds. The summed E-state index contributed by atoms with van der Waals surface area (Å²) in [7, 11) is 0.844. The van der Waals surface area contributed by atoms with Crippen molar-refractivity contribution < 1.29 is 22.7 Å². The number of carbonyl (C=O) groups excluding carboxylic acids is 1. The molecule has 2 aromatic rings. The van der Waals surface area contributed by atoms with Crippen LogP contribution in [0.2, 0.25) is 0 Å². The lowest BCUT2D eigenvalue weighted by atomic mass is 10.2. The Hall–Kier alpha value is -2.24. The summed E-state index contributed by atoms with van der Waals surface area (Å²) in [6.45, 7) is 0.988. The highest BCUT2D eigenvalue weighted by atomic mass is 32.2. The number of thioether (sulfide) groups is 1. The number of sulfonamides is 1. The van der Waals surface area contributed by atoms with Gasteiger partial charge in [-0.15, -0.1) is 0 Å². The molecule has 1 saturated heterocycles. The van der Waals surface area contributed by atoms with Gasteiger partial charge in [-0.1, -0.05) is 0 Å². The van der Waals surface area contributed by atoms with Crippen molar-refractivity contribution in [3.05, 3.63) is 35.5 Å². The van der Waals surface area contributed by atoms with Gasteiger partial charge in [0.05, 0.1) is 19.8 Å². The van der Waals surface area contributed by atoms with Gasteiger partial charge in [-0.25, -0.2) is 8.42 Å². The quantitative estimate of drug-likeness (QED) is 0.688. The number of nitrogens with one attached hydrogen (secondary N) is 1. The molecule has 1 aromatic carbocycles. The molecule has 0 aliphatic carbocycles. The number of benzene rings is 1. The topological polar surface area (TPSA) is 103 Å². The first kappa shape index (κ1) is 21.5. The number of aromatic nitrogens is 2. The third-order valence-corrected chi connectivity index (χ3v) is 7.31. The summed E-state index contributed by atoms with van der Waals surface area (Å²) in [6.07, 6.45) is 1.42. The zero-order chi connectivity index (χ0) is 21.0. The van der Waals surface area contributed by atoms with Crippen LogP contribution in [0.1, 0.15) is 15.9 Å².